The second-order valence-corrected chi connectivity index (χ2v) is 5.69. The van der Waals surface area contributed by atoms with Gasteiger partial charge in [0.2, 0.25) is 0 Å². The first-order valence-electron chi connectivity index (χ1n) is 6.86. The molecule has 0 fully saturated rings. The van der Waals surface area contributed by atoms with Crippen LogP contribution in [0.5, 0.6) is 17.2 Å². The summed E-state index contributed by atoms with van der Waals surface area (Å²) in [5, 5.41) is 0. The molecule has 0 aliphatic carbocycles. The second-order valence-electron chi connectivity index (χ2n) is 4.54. The molecule has 21 heavy (non-hydrogen) atoms. The molecule has 0 saturated carbocycles. The Hall–Kier alpha value is -2.01. The molecule has 0 unspecified atom stereocenters. The largest absolute Gasteiger partial charge is 0.492 e. The zero-order valence-corrected chi connectivity index (χ0v) is 12.6. The van der Waals surface area contributed by atoms with E-state index < -0.39 is 0 Å². The van der Waals surface area contributed by atoms with Gasteiger partial charge < -0.3 is 19.9 Å². The molecular formula is C16H17NO3S. The smallest absolute Gasteiger partial charge is 0.162 e. The van der Waals surface area contributed by atoms with Crippen LogP contribution in [0, 0.1) is 0 Å². The van der Waals surface area contributed by atoms with Crippen LogP contribution in [0.1, 0.15) is 6.92 Å². The van der Waals surface area contributed by atoms with E-state index in [1.54, 1.807) is 11.8 Å². The van der Waals surface area contributed by atoms with Crippen LogP contribution in [0.3, 0.4) is 0 Å². The van der Waals surface area contributed by atoms with Gasteiger partial charge in [-0.2, -0.15) is 0 Å². The van der Waals surface area contributed by atoms with Gasteiger partial charge in [0.15, 0.2) is 11.5 Å². The maximum absolute atomic E-state index is 5.89. The Kier molecular flexibility index (Phi) is 4.10. The third-order valence-electron chi connectivity index (χ3n) is 3.03. The molecule has 110 valence electrons. The van der Waals surface area contributed by atoms with Crippen molar-refractivity contribution in [3.63, 3.8) is 0 Å². The monoisotopic (exact) mass is 303 g/mol. The van der Waals surface area contributed by atoms with Crippen molar-refractivity contribution in [2.75, 3.05) is 25.6 Å². The average Bonchev–Trinajstić information content (AvgIpc) is 2.51. The SMILES string of the molecule is CCOc1cc(Sc2ccc3c(c2)OCCO3)ccc1N. The van der Waals surface area contributed by atoms with Gasteiger partial charge in [0.25, 0.3) is 0 Å². The van der Waals surface area contributed by atoms with Crippen molar-refractivity contribution >= 4 is 17.4 Å². The Morgan fingerprint density at radius 2 is 1.76 bits per heavy atom. The number of nitrogens with two attached hydrogens (primary N) is 1. The Balaban J connectivity index is 1.81. The number of nitrogen functional groups attached to an aromatic ring is 1. The lowest BCUT2D eigenvalue weighted by Gasteiger charge is -2.18. The number of hydrogen-bond donors (Lipinski definition) is 1. The molecule has 2 aromatic carbocycles. The predicted octanol–water partition coefficient (Wildman–Crippen LogP) is 3.59. The molecule has 1 aliphatic rings. The van der Waals surface area contributed by atoms with Crippen LogP contribution in [0.15, 0.2) is 46.2 Å². The molecule has 2 aromatic rings. The van der Waals surface area contributed by atoms with Crippen LogP contribution in [-0.4, -0.2) is 19.8 Å². The molecule has 2 N–H and O–H groups in total. The van der Waals surface area contributed by atoms with Crippen LogP contribution in [-0.2, 0) is 0 Å². The number of benzene rings is 2. The molecule has 0 aromatic heterocycles. The first-order valence-corrected chi connectivity index (χ1v) is 7.67. The van der Waals surface area contributed by atoms with Gasteiger partial charge in [0.05, 0.1) is 12.3 Å². The van der Waals surface area contributed by atoms with Crippen molar-refractivity contribution < 1.29 is 14.2 Å². The molecular weight excluding hydrogens is 286 g/mol. The maximum Gasteiger partial charge on any atom is 0.162 e. The fraction of sp³-hybridized carbons (Fsp3) is 0.250. The van der Waals surface area contributed by atoms with Gasteiger partial charge in [-0.3, -0.25) is 0 Å². The van der Waals surface area contributed by atoms with Crippen molar-refractivity contribution in [1.29, 1.82) is 0 Å². The Morgan fingerprint density at radius 3 is 2.57 bits per heavy atom. The summed E-state index contributed by atoms with van der Waals surface area (Å²) in [6.45, 7) is 3.75. The molecule has 0 bridgehead atoms. The quantitative estimate of drug-likeness (QED) is 0.875. The molecule has 0 spiro atoms. The van der Waals surface area contributed by atoms with Crippen molar-refractivity contribution in [2.45, 2.75) is 16.7 Å². The number of ether oxygens (including phenoxy) is 3. The highest BCUT2D eigenvalue weighted by molar-refractivity contribution is 7.99. The van der Waals surface area contributed by atoms with Crippen molar-refractivity contribution in [1.82, 2.24) is 0 Å². The van der Waals surface area contributed by atoms with E-state index in [9.17, 15) is 0 Å². The molecule has 3 rings (SSSR count). The molecule has 1 aliphatic heterocycles. The highest BCUT2D eigenvalue weighted by Gasteiger charge is 2.12. The Labute approximate surface area is 128 Å². The standard InChI is InChI=1S/C16H17NO3S/c1-2-18-15-9-11(3-5-13(15)17)21-12-4-6-14-16(10-12)20-8-7-19-14/h3-6,9-10H,2,7-8,17H2,1H3. The molecule has 4 nitrogen and oxygen atoms in total. The van der Waals surface area contributed by atoms with Gasteiger partial charge in [0, 0.05) is 9.79 Å². The summed E-state index contributed by atoms with van der Waals surface area (Å²) in [5.41, 5.74) is 6.55. The fourth-order valence-electron chi connectivity index (χ4n) is 2.08. The maximum atomic E-state index is 5.89. The van der Waals surface area contributed by atoms with Crippen LogP contribution >= 0.6 is 11.8 Å². The van der Waals surface area contributed by atoms with E-state index in [2.05, 4.69) is 0 Å². The zero-order chi connectivity index (χ0) is 14.7. The van der Waals surface area contributed by atoms with E-state index in [4.69, 9.17) is 19.9 Å². The van der Waals surface area contributed by atoms with Gasteiger partial charge in [-0.25, -0.2) is 0 Å². The number of hydrogen-bond acceptors (Lipinski definition) is 5. The van der Waals surface area contributed by atoms with E-state index in [0.717, 1.165) is 27.0 Å². The van der Waals surface area contributed by atoms with Crippen LogP contribution in [0.2, 0.25) is 0 Å². The number of anilines is 1. The van der Waals surface area contributed by atoms with Gasteiger partial charge in [0.1, 0.15) is 19.0 Å². The summed E-state index contributed by atoms with van der Waals surface area (Å²) in [6, 6.07) is 11.8. The molecule has 0 radical (unpaired) electrons. The number of rotatable bonds is 4. The van der Waals surface area contributed by atoms with Crippen molar-refractivity contribution in [3.8, 4) is 17.2 Å². The summed E-state index contributed by atoms with van der Waals surface area (Å²) in [7, 11) is 0. The minimum absolute atomic E-state index is 0.595. The molecule has 5 heteroatoms. The lowest BCUT2D eigenvalue weighted by atomic mass is 10.3. The summed E-state index contributed by atoms with van der Waals surface area (Å²) in [5.74, 6) is 2.32. The molecule has 1 heterocycles. The van der Waals surface area contributed by atoms with E-state index in [1.165, 1.54) is 0 Å². The average molecular weight is 303 g/mol. The van der Waals surface area contributed by atoms with E-state index in [1.807, 2.05) is 43.3 Å². The summed E-state index contributed by atoms with van der Waals surface area (Å²) >= 11 is 1.64. The zero-order valence-electron chi connectivity index (χ0n) is 11.8. The van der Waals surface area contributed by atoms with Gasteiger partial charge in [-0.05, 0) is 43.3 Å². The van der Waals surface area contributed by atoms with Crippen molar-refractivity contribution in [3.05, 3.63) is 36.4 Å². The summed E-state index contributed by atoms with van der Waals surface area (Å²) in [4.78, 5) is 2.16. The molecule has 0 saturated heterocycles. The predicted molar refractivity (Wildman–Crippen MR) is 83.6 cm³/mol. The molecule has 0 atom stereocenters. The summed E-state index contributed by atoms with van der Waals surface area (Å²) in [6.07, 6.45) is 0. The van der Waals surface area contributed by atoms with Crippen LogP contribution < -0.4 is 19.9 Å². The van der Waals surface area contributed by atoms with Gasteiger partial charge >= 0.3 is 0 Å². The third-order valence-corrected chi connectivity index (χ3v) is 4.01. The fourth-order valence-corrected chi connectivity index (χ4v) is 2.96. The number of fused-ring (bicyclic) bond motifs is 1. The van der Waals surface area contributed by atoms with E-state index >= 15 is 0 Å². The summed E-state index contributed by atoms with van der Waals surface area (Å²) < 4.78 is 16.6. The first-order chi connectivity index (χ1) is 10.3. The van der Waals surface area contributed by atoms with E-state index in [0.29, 0.717) is 25.5 Å². The van der Waals surface area contributed by atoms with Crippen LogP contribution in [0.4, 0.5) is 5.69 Å². The topological polar surface area (TPSA) is 53.7 Å². The highest BCUT2D eigenvalue weighted by atomic mass is 32.2. The first kappa shape index (κ1) is 13.9. The molecule has 0 amide bonds. The van der Waals surface area contributed by atoms with Gasteiger partial charge in [-0.1, -0.05) is 11.8 Å². The minimum Gasteiger partial charge on any atom is -0.492 e. The lowest BCUT2D eigenvalue weighted by Crippen LogP contribution is -2.15. The van der Waals surface area contributed by atoms with Crippen LogP contribution in [0.25, 0.3) is 0 Å². The second kappa shape index (κ2) is 6.18. The normalized spacial score (nSPS) is 13.0. The van der Waals surface area contributed by atoms with Gasteiger partial charge in [-0.15, -0.1) is 0 Å². The minimum atomic E-state index is 0.595. The Morgan fingerprint density at radius 1 is 1.05 bits per heavy atom. The lowest BCUT2D eigenvalue weighted by molar-refractivity contribution is 0.171. The van der Waals surface area contributed by atoms with E-state index in [-0.39, 0.29) is 0 Å². The highest BCUT2D eigenvalue weighted by Crippen LogP contribution is 2.38. The Bertz CT molecular complexity index is 645. The third kappa shape index (κ3) is 3.19. The van der Waals surface area contributed by atoms with Crippen molar-refractivity contribution in [2.24, 2.45) is 0 Å².